The molecule has 7 nitrogen and oxygen atoms in total. The molecule has 0 amide bonds. The molecule has 1 saturated heterocycles. The molecule has 1 saturated carbocycles. The molecule has 2 aliphatic heterocycles. The van der Waals surface area contributed by atoms with Crippen LogP contribution in [0.25, 0.3) is 0 Å². The summed E-state index contributed by atoms with van der Waals surface area (Å²) in [7, 11) is -2.67. The van der Waals surface area contributed by atoms with Crippen LogP contribution in [0.4, 0.5) is 0 Å². The van der Waals surface area contributed by atoms with Gasteiger partial charge in [-0.05, 0) is 56.8 Å². The number of hydrogen-bond donors (Lipinski definition) is 3. The summed E-state index contributed by atoms with van der Waals surface area (Å²) in [6, 6.07) is 3.66. The van der Waals surface area contributed by atoms with Crippen LogP contribution in [0.3, 0.4) is 0 Å². The van der Waals surface area contributed by atoms with E-state index >= 15 is 0 Å². The molecule has 2 heterocycles. The van der Waals surface area contributed by atoms with Gasteiger partial charge >= 0.3 is 0 Å². The van der Waals surface area contributed by atoms with Gasteiger partial charge in [0.05, 0.1) is 0 Å². The first-order valence-electron chi connectivity index (χ1n) is 8.62. The number of phenols is 1. The maximum absolute atomic E-state index is 12.1. The maximum Gasteiger partial charge on any atom is 0.298 e. The Balaban J connectivity index is 1.82. The van der Waals surface area contributed by atoms with Crippen LogP contribution in [0.15, 0.2) is 12.1 Å². The number of nitrogens with zero attached hydrogens (tertiary/aromatic N) is 1. The fourth-order valence-corrected chi connectivity index (χ4v) is 6.90. The quantitative estimate of drug-likeness (QED) is 0.625. The van der Waals surface area contributed by atoms with Crippen LogP contribution < -0.4 is 4.74 Å². The first kappa shape index (κ1) is 15.9. The van der Waals surface area contributed by atoms with Crippen molar-refractivity contribution in [3.63, 3.8) is 0 Å². The number of aliphatic hydroxyl groups is 1. The van der Waals surface area contributed by atoms with Gasteiger partial charge in [0.25, 0.3) is 10.1 Å². The Morgan fingerprint density at radius 1 is 1.32 bits per heavy atom. The Morgan fingerprint density at radius 3 is 2.80 bits per heavy atom. The van der Waals surface area contributed by atoms with E-state index in [1.54, 1.807) is 6.07 Å². The molecule has 5 atom stereocenters. The highest BCUT2D eigenvalue weighted by atomic mass is 32.2. The van der Waals surface area contributed by atoms with Crippen molar-refractivity contribution >= 4 is 10.1 Å². The molecule has 0 radical (unpaired) electrons. The van der Waals surface area contributed by atoms with Gasteiger partial charge in [0, 0.05) is 17.0 Å². The Bertz CT molecular complexity index is 885. The van der Waals surface area contributed by atoms with E-state index in [0.717, 1.165) is 24.1 Å². The molecule has 1 aromatic carbocycles. The second-order valence-corrected chi connectivity index (χ2v) is 9.61. The summed E-state index contributed by atoms with van der Waals surface area (Å²) in [5, 5.41) is 21.3. The molecule has 3 N–H and O–H groups in total. The van der Waals surface area contributed by atoms with Gasteiger partial charge in [-0.3, -0.25) is 4.55 Å². The monoisotopic (exact) mass is 367 g/mol. The molecule has 136 valence electrons. The molecule has 1 spiro atoms. The van der Waals surface area contributed by atoms with Crippen LogP contribution in [0.5, 0.6) is 11.5 Å². The van der Waals surface area contributed by atoms with Gasteiger partial charge < -0.3 is 19.8 Å². The minimum atomic E-state index is -4.74. The summed E-state index contributed by atoms with van der Waals surface area (Å²) in [6.45, 7) is 0.747. The van der Waals surface area contributed by atoms with Gasteiger partial charge in [-0.15, -0.1) is 0 Å². The van der Waals surface area contributed by atoms with Crippen LogP contribution in [0.2, 0.25) is 0 Å². The first-order valence-corrected chi connectivity index (χ1v) is 10.1. The van der Waals surface area contributed by atoms with Crippen molar-refractivity contribution in [3.8, 4) is 11.5 Å². The third-order valence-corrected chi connectivity index (χ3v) is 8.37. The minimum absolute atomic E-state index is 0.0451. The summed E-state index contributed by atoms with van der Waals surface area (Å²) in [5.41, 5.74) is 1.18. The topological polar surface area (TPSA) is 107 Å². The number of rotatable bonds is 1. The highest BCUT2D eigenvalue weighted by Gasteiger charge is 2.72. The molecular formula is C17H21NO6S. The number of likely N-dealkylation sites (N-methyl/N-ethyl adjacent to an activating group) is 1. The first-order chi connectivity index (χ1) is 11.7. The molecule has 2 bridgehead atoms. The largest absolute Gasteiger partial charge is 0.504 e. The second kappa shape index (κ2) is 4.49. The molecule has 2 fully saturated rings. The zero-order valence-corrected chi connectivity index (χ0v) is 14.7. The van der Waals surface area contributed by atoms with Crippen molar-refractivity contribution in [2.45, 2.75) is 48.2 Å². The Kier molecular flexibility index (Phi) is 2.85. The molecule has 8 heteroatoms. The molecule has 0 aromatic heterocycles. The molecule has 2 aliphatic carbocycles. The minimum Gasteiger partial charge on any atom is -0.504 e. The van der Waals surface area contributed by atoms with E-state index in [0.29, 0.717) is 12.8 Å². The highest BCUT2D eigenvalue weighted by molar-refractivity contribution is 7.87. The summed E-state index contributed by atoms with van der Waals surface area (Å²) >= 11 is 0. The highest BCUT2D eigenvalue weighted by Crippen LogP contribution is 2.65. The van der Waals surface area contributed by atoms with E-state index in [9.17, 15) is 23.2 Å². The summed E-state index contributed by atoms with van der Waals surface area (Å²) in [6.07, 6.45) is 0.742. The number of hydrogen-bond acceptors (Lipinski definition) is 6. The molecule has 4 aliphatic rings. The van der Waals surface area contributed by atoms with E-state index in [2.05, 4.69) is 11.9 Å². The Hall–Kier alpha value is -1.35. The van der Waals surface area contributed by atoms with Crippen molar-refractivity contribution < 1.29 is 27.9 Å². The average molecular weight is 367 g/mol. The van der Waals surface area contributed by atoms with Gasteiger partial charge in [-0.2, -0.15) is 8.42 Å². The van der Waals surface area contributed by atoms with Crippen molar-refractivity contribution in [1.29, 1.82) is 0 Å². The lowest BCUT2D eigenvalue weighted by Crippen LogP contribution is -2.71. The summed E-state index contributed by atoms with van der Waals surface area (Å²) in [4.78, 5) is -0.0668. The molecule has 1 unspecified atom stereocenters. The second-order valence-electron chi connectivity index (χ2n) is 7.95. The molecule has 25 heavy (non-hydrogen) atoms. The fourth-order valence-electron chi connectivity index (χ4n) is 5.99. The lowest BCUT2D eigenvalue weighted by molar-refractivity contribution is -0.121. The third-order valence-electron chi connectivity index (χ3n) is 7.06. The van der Waals surface area contributed by atoms with Gasteiger partial charge in [0.1, 0.15) is 0 Å². The van der Waals surface area contributed by atoms with Crippen molar-refractivity contribution in [2.24, 2.45) is 5.92 Å². The van der Waals surface area contributed by atoms with E-state index in [4.69, 9.17) is 4.74 Å². The van der Waals surface area contributed by atoms with Crippen molar-refractivity contribution in [3.05, 3.63) is 23.3 Å². The molecular weight excluding hydrogens is 346 g/mol. The van der Waals surface area contributed by atoms with Crippen LogP contribution in [0.1, 0.15) is 30.4 Å². The third kappa shape index (κ3) is 1.64. The van der Waals surface area contributed by atoms with E-state index in [1.807, 2.05) is 6.07 Å². The summed E-state index contributed by atoms with van der Waals surface area (Å²) < 4.78 is 39.9. The zero-order valence-electron chi connectivity index (χ0n) is 13.8. The Labute approximate surface area is 146 Å². The normalized spacial score (nSPS) is 42.0. The number of ether oxygens (including phenoxy) is 1. The molecule has 1 aromatic rings. The van der Waals surface area contributed by atoms with Gasteiger partial charge in [0.2, 0.25) is 4.93 Å². The molecule has 5 rings (SSSR count). The fraction of sp³-hybridized carbons (Fsp3) is 0.647. The van der Waals surface area contributed by atoms with Gasteiger partial charge in [-0.25, -0.2) is 0 Å². The average Bonchev–Trinajstić information content (AvgIpc) is 2.90. The number of aromatic hydroxyl groups is 1. The number of benzene rings is 1. The zero-order chi connectivity index (χ0) is 17.8. The van der Waals surface area contributed by atoms with E-state index in [-0.39, 0.29) is 29.9 Å². The van der Waals surface area contributed by atoms with Gasteiger partial charge in [0.15, 0.2) is 17.6 Å². The van der Waals surface area contributed by atoms with Crippen molar-refractivity contribution in [1.82, 2.24) is 4.90 Å². The van der Waals surface area contributed by atoms with E-state index in [1.165, 1.54) is 0 Å². The standard InChI is InChI=1S/C17H21NO6S/c1-18-7-6-16-10-4-5-17(20,25(21,22)23)15(16)24-14-12(19)3-2-9(13(14)16)8-11(10)18/h2-3,10-11,15,19-20H,4-8H2,1H3,(H,21,22,23)/t10-,11+,15-,16-,17?/m0/s1. The lowest BCUT2D eigenvalue weighted by Gasteiger charge is -2.59. The van der Waals surface area contributed by atoms with Gasteiger partial charge in [-0.1, -0.05) is 6.07 Å². The number of phenolic OH excluding ortho intramolecular Hbond substituents is 1. The smallest absolute Gasteiger partial charge is 0.298 e. The SMILES string of the molecule is CN1CC[C@]23c4c5ccc(O)c4O[C@@H]2C(O)(S(=O)(=O)O)CC[C@H]3[C@H]1C5. The Morgan fingerprint density at radius 2 is 2.08 bits per heavy atom. The number of piperidine rings is 1. The van der Waals surface area contributed by atoms with Crippen LogP contribution in [-0.4, -0.2) is 58.8 Å². The van der Waals surface area contributed by atoms with Crippen LogP contribution in [-0.2, 0) is 22.0 Å². The lowest BCUT2D eigenvalue weighted by atomic mass is 9.51. The predicted molar refractivity (Wildman–Crippen MR) is 88.2 cm³/mol. The van der Waals surface area contributed by atoms with E-state index < -0.39 is 26.6 Å². The number of likely N-dealkylation sites (tertiary alicyclic amines) is 1. The summed E-state index contributed by atoms with van der Waals surface area (Å²) in [5.74, 6) is 0.352. The van der Waals surface area contributed by atoms with Crippen LogP contribution in [0, 0.1) is 5.92 Å². The van der Waals surface area contributed by atoms with Crippen molar-refractivity contribution in [2.75, 3.05) is 13.6 Å². The maximum atomic E-state index is 12.1. The van der Waals surface area contributed by atoms with Crippen LogP contribution >= 0.6 is 0 Å². The predicted octanol–water partition coefficient (Wildman–Crippen LogP) is 0.638.